The van der Waals surface area contributed by atoms with E-state index in [1.54, 1.807) is 6.07 Å². The summed E-state index contributed by atoms with van der Waals surface area (Å²) in [7, 11) is 0. The molecule has 0 fully saturated rings. The van der Waals surface area contributed by atoms with Crippen LogP contribution in [-0.4, -0.2) is 28.9 Å². The zero-order valence-corrected chi connectivity index (χ0v) is 10.3. The zero-order chi connectivity index (χ0) is 14.8. The van der Waals surface area contributed by atoms with Crippen LogP contribution in [0.25, 0.3) is 10.9 Å². The number of anilines is 1. The van der Waals surface area contributed by atoms with E-state index in [0.717, 1.165) is 0 Å². The molecule has 1 heterocycles. The number of nitrogens with two attached hydrogens (primary N) is 1. The Morgan fingerprint density at radius 2 is 2.10 bits per heavy atom. The SMILES string of the molecule is NCC(F)(F)CNc1ccc2cc([N+](=O)[O-])ccc2n1. The second-order valence-electron chi connectivity index (χ2n) is 4.24. The topological polar surface area (TPSA) is 94.1 Å². The van der Waals surface area contributed by atoms with Gasteiger partial charge in [-0.2, -0.15) is 0 Å². The first-order chi connectivity index (χ1) is 9.41. The quantitative estimate of drug-likeness (QED) is 0.647. The molecule has 106 valence electrons. The standard InChI is InChI=1S/C12H12F2N4O2/c13-12(14,6-15)7-16-11-4-1-8-5-9(18(19)20)2-3-10(8)17-11/h1-5H,6-7,15H2,(H,16,17). The number of nitro groups is 1. The van der Waals surface area contributed by atoms with E-state index in [1.807, 2.05) is 0 Å². The molecule has 3 N–H and O–H groups in total. The van der Waals surface area contributed by atoms with Crippen molar-refractivity contribution in [2.24, 2.45) is 5.73 Å². The summed E-state index contributed by atoms with van der Waals surface area (Å²) in [6.07, 6.45) is 0. The van der Waals surface area contributed by atoms with E-state index >= 15 is 0 Å². The number of alkyl halides is 2. The number of pyridine rings is 1. The van der Waals surface area contributed by atoms with E-state index < -0.39 is 23.9 Å². The van der Waals surface area contributed by atoms with Crippen molar-refractivity contribution in [2.75, 3.05) is 18.4 Å². The lowest BCUT2D eigenvalue weighted by Gasteiger charge is -2.15. The van der Waals surface area contributed by atoms with Gasteiger partial charge in [-0.05, 0) is 18.2 Å². The predicted molar refractivity (Wildman–Crippen MR) is 70.9 cm³/mol. The van der Waals surface area contributed by atoms with Gasteiger partial charge >= 0.3 is 0 Å². The fraction of sp³-hybridized carbons (Fsp3) is 0.250. The van der Waals surface area contributed by atoms with Crippen LogP contribution in [0.4, 0.5) is 20.3 Å². The highest BCUT2D eigenvalue weighted by molar-refractivity contribution is 5.82. The van der Waals surface area contributed by atoms with Crippen molar-refractivity contribution in [2.45, 2.75) is 5.92 Å². The minimum Gasteiger partial charge on any atom is -0.364 e. The number of nitrogens with zero attached hydrogens (tertiary/aromatic N) is 2. The van der Waals surface area contributed by atoms with Crippen LogP contribution in [0.15, 0.2) is 30.3 Å². The fourth-order valence-electron chi connectivity index (χ4n) is 1.62. The van der Waals surface area contributed by atoms with Gasteiger partial charge < -0.3 is 11.1 Å². The highest BCUT2D eigenvalue weighted by Gasteiger charge is 2.26. The summed E-state index contributed by atoms with van der Waals surface area (Å²) in [5, 5.41) is 13.7. The lowest BCUT2D eigenvalue weighted by Crippen LogP contribution is -2.35. The lowest BCUT2D eigenvalue weighted by molar-refractivity contribution is -0.384. The number of benzene rings is 1. The van der Waals surface area contributed by atoms with Gasteiger partial charge in [0, 0.05) is 17.5 Å². The Balaban J connectivity index is 2.22. The Kier molecular flexibility index (Phi) is 3.75. The second-order valence-corrected chi connectivity index (χ2v) is 4.24. The average Bonchev–Trinajstić information content (AvgIpc) is 2.44. The van der Waals surface area contributed by atoms with Crippen LogP contribution in [0.3, 0.4) is 0 Å². The lowest BCUT2D eigenvalue weighted by atomic mass is 10.2. The summed E-state index contributed by atoms with van der Waals surface area (Å²) < 4.78 is 26.0. The molecule has 0 amide bonds. The predicted octanol–water partition coefficient (Wildman–Crippen LogP) is 2.15. The van der Waals surface area contributed by atoms with Crippen molar-refractivity contribution >= 4 is 22.4 Å². The van der Waals surface area contributed by atoms with Gasteiger partial charge in [-0.25, -0.2) is 13.8 Å². The van der Waals surface area contributed by atoms with Crippen molar-refractivity contribution in [1.29, 1.82) is 0 Å². The van der Waals surface area contributed by atoms with Crippen molar-refractivity contribution in [3.05, 3.63) is 40.4 Å². The minimum absolute atomic E-state index is 0.0466. The van der Waals surface area contributed by atoms with Gasteiger partial charge in [-0.15, -0.1) is 0 Å². The Hall–Kier alpha value is -2.35. The average molecular weight is 282 g/mol. The summed E-state index contributed by atoms with van der Waals surface area (Å²) in [4.78, 5) is 14.2. The third-order valence-electron chi connectivity index (χ3n) is 2.71. The number of hydrogen-bond acceptors (Lipinski definition) is 5. The summed E-state index contributed by atoms with van der Waals surface area (Å²) in [5.74, 6) is -2.74. The first kappa shape index (κ1) is 14.1. The van der Waals surface area contributed by atoms with E-state index in [-0.39, 0.29) is 11.5 Å². The van der Waals surface area contributed by atoms with Crippen LogP contribution in [0, 0.1) is 10.1 Å². The molecule has 0 atom stereocenters. The molecule has 8 heteroatoms. The Bertz CT molecular complexity index is 648. The Morgan fingerprint density at radius 1 is 1.35 bits per heavy atom. The third kappa shape index (κ3) is 3.15. The number of nitro benzene ring substituents is 1. The smallest absolute Gasteiger partial charge is 0.276 e. The van der Waals surface area contributed by atoms with E-state index in [9.17, 15) is 18.9 Å². The molecule has 2 rings (SSSR count). The highest BCUT2D eigenvalue weighted by atomic mass is 19.3. The monoisotopic (exact) mass is 282 g/mol. The molecule has 0 unspecified atom stereocenters. The molecule has 20 heavy (non-hydrogen) atoms. The number of nitrogens with one attached hydrogen (secondary N) is 1. The van der Waals surface area contributed by atoms with Crippen LogP contribution in [0.1, 0.15) is 0 Å². The first-order valence-corrected chi connectivity index (χ1v) is 5.78. The Morgan fingerprint density at radius 3 is 2.75 bits per heavy atom. The molecule has 1 aromatic heterocycles. The third-order valence-corrected chi connectivity index (χ3v) is 2.71. The molecule has 0 saturated heterocycles. The number of hydrogen-bond donors (Lipinski definition) is 2. The summed E-state index contributed by atoms with van der Waals surface area (Å²) in [6.45, 7) is -1.37. The zero-order valence-electron chi connectivity index (χ0n) is 10.3. The van der Waals surface area contributed by atoms with Gasteiger partial charge in [0.15, 0.2) is 0 Å². The number of non-ortho nitro benzene ring substituents is 1. The van der Waals surface area contributed by atoms with Gasteiger partial charge in [0.25, 0.3) is 11.6 Å². The number of rotatable bonds is 5. The van der Waals surface area contributed by atoms with Crippen LogP contribution < -0.4 is 11.1 Å². The molecule has 0 spiro atoms. The maximum Gasteiger partial charge on any atom is 0.276 e. The Labute approximate surface area is 112 Å². The molecular formula is C12H12F2N4O2. The van der Waals surface area contributed by atoms with Crippen LogP contribution in [0.2, 0.25) is 0 Å². The number of halogens is 2. The maximum atomic E-state index is 13.0. The van der Waals surface area contributed by atoms with E-state index in [0.29, 0.717) is 10.9 Å². The molecule has 0 radical (unpaired) electrons. The molecular weight excluding hydrogens is 270 g/mol. The van der Waals surface area contributed by atoms with E-state index in [1.165, 1.54) is 24.3 Å². The summed E-state index contributed by atoms with van der Waals surface area (Å²) in [5.41, 5.74) is 5.37. The largest absolute Gasteiger partial charge is 0.364 e. The van der Waals surface area contributed by atoms with Gasteiger partial charge in [-0.1, -0.05) is 0 Å². The van der Waals surface area contributed by atoms with Crippen LogP contribution >= 0.6 is 0 Å². The minimum atomic E-state index is -3.01. The molecule has 6 nitrogen and oxygen atoms in total. The molecule has 0 bridgehead atoms. The first-order valence-electron chi connectivity index (χ1n) is 5.78. The molecule has 2 aromatic rings. The molecule has 0 aliphatic rings. The van der Waals surface area contributed by atoms with Crippen molar-refractivity contribution in [3.63, 3.8) is 0 Å². The number of aromatic nitrogens is 1. The van der Waals surface area contributed by atoms with Gasteiger partial charge in [0.2, 0.25) is 0 Å². The molecule has 0 saturated carbocycles. The maximum absolute atomic E-state index is 13.0. The fourth-order valence-corrected chi connectivity index (χ4v) is 1.62. The second kappa shape index (κ2) is 5.33. The van der Waals surface area contributed by atoms with Gasteiger partial charge in [0.05, 0.1) is 23.5 Å². The summed E-state index contributed by atoms with van der Waals surface area (Å²) in [6, 6.07) is 7.23. The van der Waals surface area contributed by atoms with Gasteiger partial charge in [-0.3, -0.25) is 10.1 Å². The number of fused-ring (bicyclic) bond motifs is 1. The molecule has 1 aromatic carbocycles. The van der Waals surface area contributed by atoms with Crippen LogP contribution in [-0.2, 0) is 0 Å². The normalized spacial score (nSPS) is 11.6. The van der Waals surface area contributed by atoms with E-state index in [4.69, 9.17) is 5.73 Å². The van der Waals surface area contributed by atoms with Crippen molar-refractivity contribution in [3.8, 4) is 0 Å². The molecule has 0 aliphatic carbocycles. The highest BCUT2D eigenvalue weighted by Crippen LogP contribution is 2.21. The van der Waals surface area contributed by atoms with Gasteiger partial charge in [0.1, 0.15) is 5.82 Å². The molecule has 0 aliphatic heterocycles. The summed E-state index contributed by atoms with van der Waals surface area (Å²) >= 11 is 0. The van der Waals surface area contributed by atoms with Crippen LogP contribution in [0.5, 0.6) is 0 Å². The van der Waals surface area contributed by atoms with Crippen molar-refractivity contribution < 1.29 is 13.7 Å². The van der Waals surface area contributed by atoms with Crippen molar-refractivity contribution in [1.82, 2.24) is 4.98 Å². The van der Waals surface area contributed by atoms with E-state index in [2.05, 4.69) is 10.3 Å².